The Morgan fingerprint density at radius 3 is 2.63 bits per heavy atom. The van der Waals surface area contributed by atoms with Gasteiger partial charge in [0.15, 0.2) is 5.96 Å². The molecule has 1 fully saturated rings. The standard InChI is InChI=1S/C20H30F3N3O/c1-4-24-18(25-14-19(9-10-19)11-12-27-5-2)26-15(3)16-7-6-8-17(13-16)20(21,22)23/h6-8,13,15H,4-5,9-12,14H2,1-3H3,(H2,24,25,26). The van der Waals surface area contributed by atoms with E-state index in [4.69, 9.17) is 4.74 Å². The topological polar surface area (TPSA) is 45.7 Å². The molecule has 27 heavy (non-hydrogen) atoms. The van der Waals surface area contributed by atoms with Crippen LogP contribution in [0, 0.1) is 5.41 Å². The number of nitrogens with one attached hydrogen (secondary N) is 2. The van der Waals surface area contributed by atoms with Gasteiger partial charge in [0.2, 0.25) is 0 Å². The molecule has 1 atom stereocenters. The normalized spacial score (nSPS) is 17.5. The number of halogens is 3. The molecule has 4 nitrogen and oxygen atoms in total. The molecule has 0 saturated heterocycles. The molecule has 0 aliphatic heterocycles. The second kappa shape index (κ2) is 9.44. The molecule has 0 heterocycles. The molecule has 0 spiro atoms. The number of hydrogen-bond acceptors (Lipinski definition) is 2. The Labute approximate surface area is 159 Å². The first-order chi connectivity index (χ1) is 12.8. The second-order valence-corrected chi connectivity index (χ2v) is 7.13. The van der Waals surface area contributed by atoms with Gasteiger partial charge in [-0.15, -0.1) is 0 Å². The van der Waals surface area contributed by atoms with Crippen LogP contribution in [0.2, 0.25) is 0 Å². The fourth-order valence-corrected chi connectivity index (χ4v) is 2.94. The third kappa shape index (κ3) is 6.72. The molecule has 0 bridgehead atoms. The monoisotopic (exact) mass is 385 g/mol. The van der Waals surface area contributed by atoms with Crippen molar-refractivity contribution >= 4 is 5.96 Å². The van der Waals surface area contributed by atoms with Gasteiger partial charge in [0.1, 0.15) is 0 Å². The quantitative estimate of drug-likeness (QED) is 0.373. The van der Waals surface area contributed by atoms with Crippen LogP contribution in [0.1, 0.15) is 57.2 Å². The number of hydrogen-bond donors (Lipinski definition) is 2. The molecule has 1 aromatic carbocycles. The third-order valence-corrected chi connectivity index (χ3v) is 4.92. The summed E-state index contributed by atoms with van der Waals surface area (Å²) in [7, 11) is 0. The number of nitrogens with zero attached hydrogens (tertiary/aromatic N) is 1. The van der Waals surface area contributed by atoms with Crippen LogP contribution >= 0.6 is 0 Å². The van der Waals surface area contributed by atoms with E-state index in [2.05, 4.69) is 15.6 Å². The highest BCUT2D eigenvalue weighted by atomic mass is 19.4. The van der Waals surface area contributed by atoms with Gasteiger partial charge in [-0.2, -0.15) is 13.2 Å². The first-order valence-electron chi connectivity index (χ1n) is 9.59. The lowest BCUT2D eigenvalue weighted by molar-refractivity contribution is -0.137. The second-order valence-electron chi connectivity index (χ2n) is 7.13. The fraction of sp³-hybridized carbons (Fsp3) is 0.650. The molecule has 1 aliphatic carbocycles. The van der Waals surface area contributed by atoms with E-state index in [1.807, 2.05) is 20.8 Å². The average molecular weight is 385 g/mol. The van der Waals surface area contributed by atoms with E-state index in [0.717, 1.165) is 38.5 Å². The molecule has 0 amide bonds. The summed E-state index contributed by atoms with van der Waals surface area (Å²) in [4.78, 5) is 4.68. The van der Waals surface area contributed by atoms with Gasteiger partial charge < -0.3 is 15.4 Å². The molecule has 0 aromatic heterocycles. The van der Waals surface area contributed by atoms with Crippen molar-refractivity contribution < 1.29 is 17.9 Å². The van der Waals surface area contributed by atoms with Crippen molar-refractivity contribution in [3.8, 4) is 0 Å². The molecule has 2 N–H and O–H groups in total. The first-order valence-corrected chi connectivity index (χ1v) is 9.59. The number of rotatable bonds is 9. The van der Waals surface area contributed by atoms with Crippen molar-refractivity contribution in [1.29, 1.82) is 0 Å². The van der Waals surface area contributed by atoms with Crippen LogP contribution in [0.4, 0.5) is 13.2 Å². The largest absolute Gasteiger partial charge is 0.416 e. The molecule has 152 valence electrons. The van der Waals surface area contributed by atoms with Crippen molar-refractivity contribution in [2.24, 2.45) is 10.4 Å². The summed E-state index contributed by atoms with van der Waals surface area (Å²) in [6.07, 6.45) is -1.06. The Hall–Kier alpha value is -1.76. The van der Waals surface area contributed by atoms with Gasteiger partial charge in [-0.25, -0.2) is 0 Å². The van der Waals surface area contributed by atoms with Gasteiger partial charge in [0.25, 0.3) is 0 Å². The van der Waals surface area contributed by atoms with Crippen molar-refractivity contribution in [3.63, 3.8) is 0 Å². The van der Waals surface area contributed by atoms with Crippen molar-refractivity contribution in [1.82, 2.24) is 10.6 Å². The van der Waals surface area contributed by atoms with Crippen LogP contribution in [0.15, 0.2) is 29.3 Å². The minimum absolute atomic E-state index is 0.219. The lowest BCUT2D eigenvalue weighted by atomic mass is 10.0. The van der Waals surface area contributed by atoms with Crippen LogP contribution in [-0.2, 0) is 10.9 Å². The Morgan fingerprint density at radius 2 is 2.04 bits per heavy atom. The Balaban J connectivity index is 2.00. The lowest BCUT2D eigenvalue weighted by Gasteiger charge is -2.20. The van der Waals surface area contributed by atoms with Gasteiger partial charge in [-0.1, -0.05) is 12.1 Å². The van der Waals surface area contributed by atoms with Gasteiger partial charge in [0, 0.05) is 26.3 Å². The number of aliphatic imine (C=N–C) groups is 1. The van der Waals surface area contributed by atoms with Crippen LogP contribution in [0.25, 0.3) is 0 Å². The Kier molecular flexibility index (Phi) is 7.53. The van der Waals surface area contributed by atoms with E-state index in [1.165, 1.54) is 12.1 Å². The van der Waals surface area contributed by atoms with Crippen LogP contribution in [0.3, 0.4) is 0 Å². The zero-order valence-electron chi connectivity index (χ0n) is 16.3. The van der Waals surface area contributed by atoms with Gasteiger partial charge in [-0.05, 0) is 63.1 Å². The van der Waals surface area contributed by atoms with Gasteiger partial charge >= 0.3 is 6.18 Å². The summed E-state index contributed by atoms with van der Waals surface area (Å²) >= 11 is 0. The highest BCUT2D eigenvalue weighted by Gasteiger charge is 2.42. The van der Waals surface area contributed by atoms with E-state index < -0.39 is 11.7 Å². The summed E-state index contributed by atoms with van der Waals surface area (Å²) < 4.78 is 44.3. The molecule has 1 aromatic rings. The lowest BCUT2D eigenvalue weighted by Crippen LogP contribution is -2.39. The third-order valence-electron chi connectivity index (χ3n) is 4.92. The van der Waals surface area contributed by atoms with E-state index in [-0.39, 0.29) is 11.5 Å². The van der Waals surface area contributed by atoms with Gasteiger partial charge in [-0.3, -0.25) is 4.99 Å². The predicted octanol–water partition coefficient (Wildman–Crippen LogP) is 4.53. The fourth-order valence-electron chi connectivity index (χ4n) is 2.94. The number of ether oxygens (including phenoxy) is 1. The van der Waals surface area contributed by atoms with Crippen LogP contribution < -0.4 is 10.6 Å². The molecule has 1 aliphatic rings. The molecule has 1 unspecified atom stereocenters. The zero-order valence-corrected chi connectivity index (χ0v) is 16.3. The smallest absolute Gasteiger partial charge is 0.382 e. The van der Waals surface area contributed by atoms with Crippen LogP contribution in [-0.4, -0.2) is 32.3 Å². The predicted molar refractivity (Wildman–Crippen MR) is 102 cm³/mol. The maximum absolute atomic E-state index is 12.9. The summed E-state index contributed by atoms with van der Waals surface area (Å²) in [5.41, 5.74) is 0.160. The SMILES string of the molecule is CCNC(=NCC1(CCOCC)CC1)NC(C)c1cccc(C(F)(F)F)c1. The summed E-state index contributed by atoms with van der Waals surface area (Å²) in [6.45, 7) is 8.64. The average Bonchev–Trinajstić information content (AvgIpc) is 3.40. The Bertz CT molecular complexity index is 627. The minimum atomic E-state index is -4.34. The highest BCUT2D eigenvalue weighted by Crippen LogP contribution is 2.49. The summed E-state index contributed by atoms with van der Waals surface area (Å²) in [6, 6.07) is 5.12. The molecule has 1 saturated carbocycles. The number of benzene rings is 1. The van der Waals surface area contributed by atoms with Crippen molar-refractivity contribution in [2.45, 2.75) is 52.3 Å². The molecular formula is C20H30F3N3O. The Morgan fingerprint density at radius 1 is 1.30 bits per heavy atom. The van der Waals surface area contributed by atoms with E-state index in [1.54, 1.807) is 6.07 Å². The number of guanidine groups is 1. The maximum atomic E-state index is 12.9. The van der Waals surface area contributed by atoms with Crippen molar-refractivity contribution in [3.05, 3.63) is 35.4 Å². The zero-order chi connectivity index (χ0) is 19.9. The van der Waals surface area contributed by atoms with E-state index >= 15 is 0 Å². The summed E-state index contributed by atoms with van der Waals surface area (Å²) in [5, 5.41) is 6.40. The van der Waals surface area contributed by atoms with Gasteiger partial charge in [0.05, 0.1) is 11.6 Å². The van der Waals surface area contributed by atoms with E-state index in [9.17, 15) is 13.2 Å². The minimum Gasteiger partial charge on any atom is -0.382 e. The highest BCUT2D eigenvalue weighted by molar-refractivity contribution is 5.80. The first kappa shape index (κ1) is 21.5. The summed E-state index contributed by atoms with van der Waals surface area (Å²) in [5.74, 6) is 0.630. The molecule has 0 radical (unpaired) electrons. The van der Waals surface area contributed by atoms with Crippen molar-refractivity contribution in [2.75, 3.05) is 26.3 Å². The van der Waals surface area contributed by atoms with E-state index in [0.29, 0.717) is 24.6 Å². The maximum Gasteiger partial charge on any atom is 0.416 e. The molecular weight excluding hydrogens is 355 g/mol. The van der Waals surface area contributed by atoms with Crippen LogP contribution in [0.5, 0.6) is 0 Å². The number of alkyl halides is 3. The molecule has 7 heteroatoms. The molecule has 2 rings (SSSR count).